The lowest BCUT2D eigenvalue weighted by Crippen LogP contribution is -2.13. The Hall–Kier alpha value is -1.24. The van der Waals surface area contributed by atoms with Crippen LogP contribution < -0.4 is 4.74 Å². The Kier molecular flexibility index (Phi) is 16.5. The van der Waals surface area contributed by atoms with Gasteiger partial charge in [-0.3, -0.25) is 0 Å². The van der Waals surface area contributed by atoms with Gasteiger partial charge in [-0.25, -0.2) is 4.79 Å². The van der Waals surface area contributed by atoms with E-state index < -0.39 is 5.97 Å². The summed E-state index contributed by atoms with van der Waals surface area (Å²) in [5.41, 5.74) is 0.212. The maximum absolute atomic E-state index is 12.1. The Morgan fingerprint density at radius 2 is 1.43 bits per heavy atom. The first-order valence-corrected chi connectivity index (χ1v) is 11.9. The van der Waals surface area contributed by atoms with Crippen LogP contribution >= 0.6 is 11.6 Å². The molecule has 1 rings (SSSR count). The minimum Gasteiger partial charge on any atom is -0.490 e. The summed E-state index contributed by atoms with van der Waals surface area (Å²) in [4.78, 5) is 14.9. The fourth-order valence-corrected chi connectivity index (χ4v) is 3.28. The second-order valence-corrected chi connectivity index (χ2v) is 7.70. The van der Waals surface area contributed by atoms with Gasteiger partial charge in [0.1, 0.15) is 17.3 Å². The molecule has 7 heteroatoms. The minimum atomic E-state index is -0.512. The SMILES string of the molecule is CCCCCCCCCCCCOc1c[nH]c(C(=O)OCCOCCOCC)c1Cl. The van der Waals surface area contributed by atoms with E-state index in [0.717, 1.165) is 12.8 Å². The van der Waals surface area contributed by atoms with Crippen LogP contribution in [-0.2, 0) is 14.2 Å². The van der Waals surface area contributed by atoms with Gasteiger partial charge in [-0.2, -0.15) is 0 Å². The number of carbonyl (C=O) groups excluding carboxylic acids is 1. The third-order valence-electron chi connectivity index (χ3n) is 4.78. The van der Waals surface area contributed by atoms with Crippen molar-refractivity contribution in [1.82, 2.24) is 4.98 Å². The lowest BCUT2D eigenvalue weighted by Gasteiger charge is -2.06. The summed E-state index contributed by atoms with van der Waals surface area (Å²) in [5, 5.41) is 0.268. The molecule has 0 aliphatic rings. The zero-order chi connectivity index (χ0) is 21.9. The van der Waals surface area contributed by atoms with E-state index in [1.54, 1.807) is 6.20 Å². The first-order valence-electron chi connectivity index (χ1n) is 11.5. The molecule has 0 saturated carbocycles. The molecule has 174 valence electrons. The lowest BCUT2D eigenvalue weighted by molar-refractivity contribution is 0.0161. The highest BCUT2D eigenvalue weighted by atomic mass is 35.5. The summed E-state index contributed by atoms with van der Waals surface area (Å²) >= 11 is 6.25. The van der Waals surface area contributed by atoms with Crippen LogP contribution in [0.3, 0.4) is 0 Å². The van der Waals surface area contributed by atoms with Crippen molar-refractivity contribution >= 4 is 17.6 Å². The number of aromatic nitrogens is 1. The van der Waals surface area contributed by atoms with E-state index in [2.05, 4.69) is 11.9 Å². The molecule has 6 nitrogen and oxygen atoms in total. The average Bonchev–Trinajstić information content (AvgIpc) is 3.11. The van der Waals surface area contributed by atoms with Crippen molar-refractivity contribution in [1.29, 1.82) is 0 Å². The number of rotatable bonds is 20. The van der Waals surface area contributed by atoms with Gasteiger partial charge in [0.05, 0.1) is 26.4 Å². The molecule has 0 aliphatic heterocycles. The van der Waals surface area contributed by atoms with Gasteiger partial charge in [0.2, 0.25) is 0 Å². The maximum Gasteiger partial charge on any atom is 0.356 e. The Morgan fingerprint density at radius 3 is 2.10 bits per heavy atom. The summed E-state index contributed by atoms with van der Waals surface area (Å²) < 4.78 is 21.3. The molecule has 0 radical (unpaired) electrons. The molecule has 0 aliphatic carbocycles. The van der Waals surface area contributed by atoms with Crippen molar-refractivity contribution in [3.63, 3.8) is 0 Å². The van der Waals surface area contributed by atoms with Gasteiger partial charge in [0, 0.05) is 12.8 Å². The number of nitrogens with one attached hydrogen (secondary N) is 1. The number of hydrogen-bond donors (Lipinski definition) is 1. The number of carbonyl (C=O) groups is 1. The monoisotopic (exact) mass is 445 g/mol. The van der Waals surface area contributed by atoms with Crippen molar-refractivity contribution in [2.24, 2.45) is 0 Å². The van der Waals surface area contributed by atoms with E-state index in [1.807, 2.05) is 6.92 Å². The topological polar surface area (TPSA) is 69.8 Å². The second-order valence-electron chi connectivity index (χ2n) is 7.32. The Balaban J connectivity index is 2.09. The first-order chi connectivity index (χ1) is 14.7. The largest absolute Gasteiger partial charge is 0.490 e. The smallest absolute Gasteiger partial charge is 0.356 e. The van der Waals surface area contributed by atoms with Crippen LogP contribution in [0.5, 0.6) is 5.75 Å². The van der Waals surface area contributed by atoms with E-state index in [-0.39, 0.29) is 17.3 Å². The van der Waals surface area contributed by atoms with Crippen LogP contribution in [0.25, 0.3) is 0 Å². The average molecular weight is 446 g/mol. The Bertz CT molecular complexity index is 550. The van der Waals surface area contributed by atoms with Crippen LogP contribution in [0, 0.1) is 0 Å². The molecule has 1 aromatic rings. The molecule has 0 unspecified atom stereocenters. The first kappa shape index (κ1) is 26.8. The minimum absolute atomic E-state index is 0.162. The predicted octanol–water partition coefficient (Wildman–Crippen LogP) is 6.18. The third-order valence-corrected chi connectivity index (χ3v) is 5.16. The lowest BCUT2D eigenvalue weighted by atomic mass is 10.1. The summed E-state index contributed by atoms with van der Waals surface area (Å²) in [6.45, 7) is 6.92. The molecule has 1 N–H and O–H groups in total. The maximum atomic E-state index is 12.1. The van der Waals surface area contributed by atoms with Crippen molar-refractivity contribution in [2.45, 2.75) is 78.1 Å². The van der Waals surface area contributed by atoms with E-state index in [1.165, 1.54) is 51.4 Å². The van der Waals surface area contributed by atoms with Crippen molar-refractivity contribution in [3.8, 4) is 5.75 Å². The number of esters is 1. The van der Waals surface area contributed by atoms with Gasteiger partial charge < -0.3 is 23.9 Å². The van der Waals surface area contributed by atoms with Crippen LogP contribution in [0.15, 0.2) is 6.20 Å². The van der Waals surface area contributed by atoms with E-state index >= 15 is 0 Å². The third kappa shape index (κ3) is 12.5. The molecule has 1 heterocycles. The van der Waals surface area contributed by atoms with Crippen molar-refractivity contribution in [3.05, 3.63) is 16.9 Å². The molecule has 0 saturated heterocycles. The van der Waals surface area contributed by atoms with Crippen LogP contribution in [0.1, 0.15) is 88.5 Å². The van der Waals surface area contributed by atoms with Gasteiger partial charge >= 0.3 is 5.97 Å². The molecule has 0 bridgehead atoms. The van der Waals surface area contributed by atoms with E-state index in [9.17, 15) is 4.79 Å². The van der Waals surface area contributed by atoms with Crippen LogP contribution in [-0.4, -0.2) is 50.6 Å². The quantitative estimate of drug-likeness (QED) is 0.192. The number of aromatic amines is 1. The fourth-order valence-electron chi connectivity index (χ4n) is 3.04. The summed E-state index contributed by atoms with van der Waals surface area (Å²) in [7, 11) is 0. The van der Waals surface area contributed by atoms with E-state index in [4.69, 9.17) is 30.5 Å². The number of ether oxygens (including phenoxy) is 4. The number of H-pyrrole nitrogens is 1. The number of halogens is 1. The van der Waals surface area contributed by atoms with Gasteiger partial charge in [-0.1, -0.05) is 76.3 Å². The highest BCUT2D eigenvalue weighted by Crippen LogP contribution is 2.28. The number of unbranched alkanes of at least 4 members (excludes halogenated alkanes) is 9. The zero-order valence-corrected chi connectivity index (χ0v) is 19.6. The molecule has 0 aromatic carbocycles. The summed E-state index contributed by atoms with van der Waals surface area (Å²) in [6.07, 6.45) is 14.4. The Labute approximate surface area is 186 Å². The second kappa shape index (κ2) is 18.5. The molecule has 0 atom stereocenters. The molecule has 0 amide bonds. The van der Waals surface area contributed by atoms with Gasteiger partial charge in [0.25, 0.3) is 0 Å². The van der Waals surface area contributed by atoms with Gasteiger partial charge in [-0.05, 0) is 13.3 Å². The molecular weight excluding hydrogens is 406 g/mol. The summed E-state index contributed by atoms with van der Waals surface area (Å²) in [5.74, 6) is -0.0188. The van der Waals surface area contributed by atoms with Crippen LogP contribution in [0.2, 0.25) is 5.02 Å². The Morgan fingerprint density at radius 1 is 0.833 bits per heavy atom. The van der Waals surface area contributed by atoms with Gasteiger partial charge in [-0.15, -0.1) is 0 Å². The molecule has 0 spiro atoms. The molecule has 1 aromatic heterocycles. The fraction of sp³-hybridized carbons (Fsp3) is 0.783. The van der Waals surface area contributed by atoms with Crippen LogP contribution in [0.4, 0.5) is 0 Å². The molecule has 0 fully saturated rings. The predicted molar refractivity (Wildman–Crippen MR) is 121 cm³/mol. The highest BCUT2D eigenvalue weighted by molar-refractivity contribution is 6.34. The molecular formula is C23H40ClNO5. The van der Waals surface area contributed by atoms with Crippen molar-refractivity contribution in [2.75, 3.05) is 39.6 Å². The molecule has 30 heavy (non-hydrogen) atoms. The summed E-state index contributed by atoms with van der Waals surface area (Å²) in [6, 6.07) is 0. The zero-order valence-electron chi connectivity index (χ0n) is 18.8. The van der Waals surface area contributed by atoms with E-state index in [0.29, 0.717) is 38.8 Å². The normalized spacial score (nSPS) is 11.0. The van der Waals surface area contributed by atoms with Crippen molar-refractivity contribution < 1.29 is 23.7 Å². The number of hydrogen-bond acceptors (Lipinski definition) is 5. The van der Waals surface area contributed by atoms with Gasteiger partial charge in [0.15, 0.2) is 5.75 Å². The highest BCUT2D eigenvalue weighted by Gasteiger charge is 2.18. The standard InChI is InChI=1S/C23H40ClNO5/c1-3-5-6-7-8-9-10-11-12-13-14-29-20-19-25-22(21(20)24)23(26)30-18-17-28-16-15-27-4-2/h19,25H,3-18H2,1-2H3.